The van der Waals surface area contributed by atoms with Gasteiger partial charge in [0.2, 0.25) is 0 Å². The molecule has 4 rings (SSSR count). The number of likely N-dealkylation sites (tertiary alicyclic amines) is 1. The van der Waals surface area contributed by atoms with Crippen molar-refractivity contribution in [1.29, 1.82) is 0 Å². The van der Waals surface area contributed by atoms with Crippen LogP contribution in [0.4, 0.5) is 0 Å². The van der Waals surface area contributed by atoms with Gasteiger partial charge in [-0.15, -0.1) is 0 Å². The van der Waals surface area contributed by atoms with Crippen LogP contribution < -0.4 is 5.69 Å². The Balaban J connectivity index is 1.50. The summed E-state index contributed by atoms with van der Waals surface area (Å²) < 4.78 is 8.61. The molecular weight excluding hydrogens is 320 g/mol. The lowest BCUT2D eigenvalue weighted by molar-refractivity contribution is 0.0677. The maximum Gasteiger partial charge on any atom is 0.345 e. The fourth-order valence-corrected chi connectivity index (χ4v) is 4.18. The molecule has 0 atom stereocenters. The molecule has 25 heavy (non-hydrogen) atoms. The molecule has 3 heterocycles. The number of carbonyl (C=O) groups excluding carboxylic acids is 1. The minimum absolute atomic E-state index is 0.00371. The molecule has 1 saturated heterocycles. The van der Waals surface area contributed by atoms with Crippen LogP contribution in [0.1, 0.15) is 66.9 Å². The normalized spacial score (nSPS) is 19.6. The van der Waals surface area contributed by atoms with Crippen LogP contribution in [0.25, 0.3) is 0 Å². The minimum Gasteiger partial charge on any atom is -0.459 e. The number of amides is 1. The molecule has 2 aromatic rings. The van der Waals surface area contributed by atoms with Gasteiger partial charge in [-0.25, -0.2) is 9.48 Å². The van der Waals surface area contributed by atoms with Crippen molar-refractivity contribution in [3.63, 3.8) is 0 Å². The Hall–Kier alpha value is -2.31. The predicted molar refractivity (Wildman–Crippen MR) is 91.6 cm³/mol. The molecule has 0 spiro atoms. The van der Waals surface area contributed by atoms with Crippen molar-refractivity contribution in [1.82, 2.24) is 19.2 Å². The number of aryl methyl sites for hydroxylation is 1. The first-order valence-electron chi connectivity index (χ1n) is 9.13. The average Bonchev–Trinajstić information content (AvgIpc) is 3.37. The molecule has 2 aliphatic rings. The van der Waals surface area contributed by atoms with Crippen molar-refractivity contribution >= 4 is 5.91 Å². The number of carbonyl (C=O) groups is 1. The summed E-state index contributed by atoms with van der Waals surface area (Å²) in [6.07, 6.45) is 7.67. The Morgan fingerprint density at radius 2 is 1.92 bits per heavy atom. The Labute approximate surface area is 146 Å². The van der Waals surface area contributed by atoms with Crippen molar-refractivity contribution in [3.8, 4) is 0 Å². The van der Waals surface area contributed by atoms with Crippen molar-refractivity contribution in [2.75, 3.05) is 13.1 Å². The van der Waals surface area contributed by atoms with E-state index < -0.39 is 0 Å². The van der Waals surface area contributed by atoms with Crippen LogP contribution in [0.15, 0.2) is 27.6 Å². The van der Waals surface area contributed by atoms with Crippen LogP contribution in [0.3, 0.4) is 0 Å². The molecule has 0 N–H and O–H groups in total. The highest BCUT2D eigenvalue weighted by atomic mass is 16.3. The highest BCUT2D eigenvalue weighted by Crippen LogP contribution is 2.33. The van der Waals surface area contributed by atoms with E-state index in [4.69, 9.17) is 4.42 Å². The molecule has 2 fully saturated rings. The lowest BCUT2D eigenvalue weighted by Crippen LogP contribution is -2.38. The van der Waals surface area contributed by atoms with Crippen LogP contribution in [0.2, 0.25) is 0 Å². The first-order valence-corrected chi connectivity index (χ1v) is 9.13. The van der Waals surface area contributed by atoms with Gasteiger partial charge in [0.05, 0.1) is 6.26 Å². The molecule has 1 amide bonds. The van der Waals surface area contributed by atoms with Gasteiger partial charge in [-0.3, -0.25) is 9.36 Å². The Morgan fingerprint density at radius 1 is 1.20 bits per heavy atom. The van der Waals surface area contributed by atoms with E-state index in [0.29, 0.717) is 24.9 Å². The summed E-state index contributed by atoms with van der Waals surface area (Å²) in [5.74, 6) is 1.47. The van der Waals surface area contributed by atoms with Gasteiger partial charge >= 0.3 is 5.69 Å². The Kier molecular flexibility index (Phi) is 4.23. The second-order valence-electron chi connectivity index (χ2n) is 7.12. The zero-order valence-corrected chi connectivity index (χ0v) is 14.6. The molecule has 0 radical (unpaired) electrons. The fourth-order valence-electron chi connectivity index (χ4n) is 4.18. The maximum atomic E-state index is 12.5. The van der Waals surface area contributed by atoms with E-state index in [-0.39, 0.29) is 17.5 Å². The summed E-state index contributed by atoms with van der Waals surface area (Å²) in [7, 11) is 1.73. The molecule has 0 bridgehead atoms. The number of rotatable bonds is 3. The molecular formula is C18H24N4O3. The van der Waals surface area contributed by atoms with Crippen LogP contribution in [0, 0.1) is 0 Å². The fraction of sp³-hybridized carbons (Fsp3) is 0.611. The first kappa shape index (κ1) is 16.2. The molecule has 1 saturated carbocycles. The van der Waals surface area contributed by atoms with Crippen molar-refractivity contribution in [3.05, 3.63) is 40.5 Å². The number of hydrogen-bond donors (Lipinski definition) is 0. The summed E-state index contributed by atoms with van der Waals surface area (Å²) in [6.45, 7) is 1.33. The summed E-state index contributed by atoms with van der Waals surface area (Å²) in [5, 5.41) is 4.54. The topological polar surface area (TPSA) is 73.3 Å². The largest absolute Gasteiger partial charge is 0.459 e. The van der Waals surface area contributed by atoms with Gasteiger partial charge in [0, 0.05) is 32.1 Å². The molecule has 1 aliphatic carbocycles. The van der Waals surface area contributed by atoms with Gasteiger partial charge in [-0.2, -0.15) is 5.10 Å². The number of nitrogens with zero attached hydrogens (tertiary/aromatic N) is 4. The molecule has 2 aromatic heterocycles. The van der Waals surface area contributed by atoms with Crippen molar-refractivity contribution < 1.29 is 9.21 Å². The summed E-state index contributed by atoms with van der Waals surface area (Å²) in [4.78, 5) is 26.8. The van der Waals surface area contributed by atoms with E-state index in [2.05, 4.69) is 5.10 Å². The van der Waals surface area contributed by atoms with Crippen LogP contribution >= 0.6 is 0 Å². The number of hydrogen-bond acceptors (Lipinski definition) is 4. The number of furan rings is 1. The third-order valence-corrected chi connectivity index (χ3v) is 5.55. The summed E-state index contributed by atoms with van der Waals surface area (Å²) in [6, 6.07) is 3.72. The van der Waals surface area contributed by atoms with Crippen LogP contribution in [0.5, 0.6) is 0 Å². The van der Waals surface area contributed by atoms with Gasteiger partial charge in [-0.05, 0) is 37.8 Å². The standard InChI is InChI=1S/C18H24N4O3/c1-20-18(24)22(14-5-2-3-6-14)16(19-20)13-8-10-21(11-9-13)17(23)15-7-4-12-25-15/h4,7,12-14H,2-3,5-6,8-11H2,1H3. The van der Waals surface area contributed by atoms with Gasteiger partial charge in [0.25, 0.3) is 5.91 Å². The van der Waals surface area contributed by atoms with E-state index in [1.165, 1.54) is 23.8 Å². The van der Waals surface area contributed by atoms with Crippen molar-refractivity contribution in [2.24, 2.45) is 7.05 Å². The second-order valence-corrected chi connectivity index (χ2v) is 7.12. The third kappa shape index (κ3) is 2.92. The zero-order chi connectivity index (χ0) is 17.4. The van der Waals surface area contributed by atoms with E-state index in [0.717, 1.165) is 31.5 Å². The third-order valence-electron chi connectivity index (χ3n) is 5.55. The Morgan fingerprint density at radius 3 is 2.56 bits per heavy atom. The van der Waals surface area contributed by atoms with E-state index >= 15 is 0 Å². The minimum atomic E-state index is -0.0577. The van der Waals surface area contributed by atoms with Gasteiger partial charge in [0.15, 0.2) is 5.76 Å². The predicted octanol–water partition coefficient (Wildman–Crippen LogP) is 2.31. The first-order chi connectivity index (χ1) is 12.1. The lowest BCUT2D eigenvalue weighted by atomic mass is 9.95. The molecule has 7 nitrogen and oxygen atoms in total. The van der Waals surface area contributed by atoms with E-state index in [1.54, 1.807) is 19.2 Å². The summed E-state index contributed by atoms with van der Waals surface area (Å²) >= 11 is 0. The average molecular weight is 344 g/mol. The monoisotopic (exact) mass is 344 g/mol. The maximum absolute atomic E-state index is 12.5. The number of aromatic nitrogens is 3. The van der Waals surface area contributed by atoms with E-state index in [1.807, 2.05) is 9.47 Å². The van der Waals surface area contributed by atoms with Gasteiger partial charge in [-0.1, -0.05) is 12.8 Å². The highest BCUT2D eigenvalue weighted by molar-refractivity contribution is 5.91. The molecule has 0 unspecified atom stereocenters. The second kappa shape index (κ2) is 6.54. The van der Waals surface area contributed by atoms with Crippen molar-refractivity contribution in [2.45, 2.75) is 50.5 Å². The smallest absolute Gasteiger partial charge is 0.345 e. The van der Waals surface area contributed by atoms with Gasteiger partial charge in [0.1, 0.15) is 5.82 Å². The van der Waals surface area contributed by atoms with Gasteiger partial charge < -0.3 is 9.32 Å². The zero-order valence-electron chi connectivity index (χ0n) is 14.6. The molecule has 7 heteroatoms. The number of piperidine rings is 1. The molecule has 0 aromatic carbocycles. The highest BCUT2D eigenvalue weighted by Gasteiger charge is 2.32. The SMILES string of the molecule is Cn1nc(C2CCN(C(=O)c3ccco3)CC2)n(C2CCCC2)c1=O. The van der Waals surface area contributed by atoms with Crippen LogP contribution in [-0.2, 0) is 7.05 Å². The van der Waals surface area contributed by atoms with E-state index in [9.17, 15) is 9.59 Å². The molecule has 134 valence electrons. The Bertz CT molecular complexity index is 791. The quantitative estimate of drug-likeness (QED) is 0.856. The molecule has 1 aliphatic heterocycles. The lowest BCUT2D eigenvalue weighted by Gasteiger charge is -2.31. The summed E-state index contributed by atoms with van der Waals surface area (Å²) in [5.41, 5.74) is -0.00371. The van der Waals surface area contributed by atoms with Crippen LogP contribution in [-0.4, -0.2) is 38.2 Å².